The largest absolute Gasteiger partial charge is 0.481 e. The summed E-state index contributed by atoms with van der Waals surface area (Å²) in [5.41, 5.74) is 4.86. The molecule has 0 saturated carbocycles. The van der Waals surface area contributed by atoms with Crippen LogP contribution in [0.1, 0.15) is 46.6 Å². The number of hydrogen-bond donors (Lipinski definition) is 2. The highest BCUT2D eigenvalue weighted by molar-refractivity contribution is 6.08. The molecule has 0 aliphatic heterocycles. The van der Waals surface area contributed by atoms with E-state index in [1.807, 2.05) is 25.2 Å². The number of nitrogens with zero attached hydrogens (tertiary/aromatic N) is 1. The van der Waals surface area contributed by atoms with E-state index in [1.54, 1.807) is 18.2 Å². The number of benzene rings is 1. The Kier molecular flexibility index (Phi) is 5.56. The van der Waals surface area contributed by atoms with Crippen LogP contribution in [0.4, 0.5) is 0 Å². The molecule has 0 saturated heterocycles. The van der Waals surface area contributed by atoms with E-state index in [0.29, 0.717) is 11.3 Å². The van der Waals surface area contributed by atoms with Crippen molar-refractivity contribution in [3.8, 4) is 0 Å². The number of carboxylic acids is 1. The number of ketones is 1. The predicted molar refractivity (Wildman–Crippen MR) is 101 cm³/mol. The molecule has 0 radical (unpaired) electrons. The summed E-state index contributed by atoms with van der Waals surface area (Å²) in [6.07, 6.45) is 6.04. The van der Waals surface area contributed by atoms with Crippen molar-refractivity contribution in [3.63, 3.8) is 0 Å². The van der Waals surface area contributed by atoms with E-state index < -0.39 is 5.97 Å². The van der Waals surface area contributed by atoms with Gasteiger partial charge in [0.05, 0.1) is 17.8 Å². The molecule has 0 amide bonds. The van der Waals surface area contributed by atoms with Gasteiger partial charge in [0.25, 0.3) is 0 Å². The highest BCUT2D eigenvalue weighted by Gasteiger charge is 2.19. The third kappa shape index (κ3) is 4.04. The summed E-state index contributed by atoms with van der Waals surface area (Å²) in [6, 6.07) is 11.2. The molecular weight excluding hydrogens is 328 g/mol. The lowest BCUT2D eigenvalue weighted by atomic mass is 9.98. The van der Waals surface area contributed by atoms with E-state index in [1.165, 1.54) is 24.1 Å². The predicted octanol–water partition coefficient (Wildman–Crippen LogP) is 3.19. The van der Waals surface area contributed by atoms with Crippen LogP contribution in [0.5, 0.6) is 0 Å². The summed E-state index contributed by atoms with van der Waals surface area (Å²) in [7, 11) is 2.01. The van der Waals surface area contributed by atoms with Gasteiger partial charge in [0, 0.05) is 30.9 Å². The Hall–Kier alpha value is -2.82. The van der Waals surface area contributed by atoms with E-state index in [9.17, 15) is 9.59 Å². The maximum atomic E-state index is 12.6. The van der Waals surface area contributed by atoms with Crippen molar-refractivity contribution in [2.24, 2.45) is 7.05 Å². The number of carboxylic acid groups (broad SMARTS) is 1. The van der Waals surface area contributed by atoms with E-state index >= 15 is 0 Å². The van der Waals surface area contributed by atoms with Crippen LogP contribution in [0.15, 0.2) is 42.5 Å². The third-order valence-electron chi connectivity index (χ3n) is 4.82. The SMILES string of the molecule is Cn1c(/C(=C/C(=O)c2ccccc2)NCCC(=O)O)cc2c1CCCC2. The van der Waals surface area contributed by atoms with Crippen molar-refractivity contribution in [2.45, 2.75) is 32.1 Å². The quantitative estimate of drug-likeness (QED) is 0.593. The second-order valence-corrected chi connectivity index (χ2v) is 6.63. The van der Waals surface area contributed by atoms with Crippen LogP contribution >= 0.6 is 0 Å². The Balaban J connectivity index is 1.93. The third-order valence-corrected chi connectivity index (χ3v) is 4.82. The number of aryl methyl sites for hydroxylation is 1. The topological polar surface area (TPSA) is 71.3 Å². The first-order valence-corrected chi connectivity index (χ1v) is 9.01. The van der Waals surface area contributed by atoms with E-state index in [2.05, 4.69) is 16.0 Å². The molecule has 0 bridgehead atoms. The minimum Gasteiger partial charge on any atom is -0.481 e. The molecule has 3 rings (SSSR count). The van der Waals surface area contributed by atoms with Crippen molar-refractivity contribution in [1.29, 1.82) is 0 Å². The minimum absolute atomic E-state index is 0.000997. The van der Waals surface area contributed by atoms with Crippen molar-refractivity contribution in [2.75, 3.05) is 6.54 Å². The number of aliphatic carboxylic acids is 1. The van der Waals surface area contributed by atoms with Crippen molar-refractivity contribution < 1.29 is 14.7 Å². The molecule has 136 valence electrons. The Morgan fingerprint density at radius 1 is 1.19 bits per heavy atom. The van der Waals surface area contributed by atoms with Crippen molar-refractivity contribution in [1.82, 2.24) is 9.88 Å². The summed E-state index contributed by atoms with van der Waals surface area (Å²) in [5, 5.41) is 12.1. The number of carbonyl (C=O) groups excluding carboxylic acids is 1. The highest BCUT2D eigenvalue weighted by atomic mass is 16.4. The van der Waals surface area contributed by atoms with Crippen LogP contribution in [-0.4, -0.2) is 28.0 Å². The molecule has 1 aromatic heterocycles. The fraction of sp³-hybridized carbons (Fsp3) is 0.333. The lowest BCUT2D eigenvalue weighted by Gasteiger charge is -2.15. The Morgan fingerprint density at radius 3 is 2.62 bits per heavy atom. The summed E-state index contributed by atoms with van der Waals surface area (Å²) >= 11 is 0. The van der Waals surface area contributed by atoms with Gasteiger partial charge in [-0.15, -0.1) is 0 Å². The van der Waals surface area contributed by atoms with Gasteiger partial charge >= 0.3 is 5.97 Å². The summed E-state index contributed by atoms with van der Waals surface area (Å²) in [5.74, 6) is -0.958. The van der Waals surface area contributed by atoms with Crippen LogP contribution in [0, 0.1) is 0 Å². The Morgan fingerprint density at radius 2 is 1.92 bits per heavy atom. The van der Waals surface area contributed by atoms with Gasteiger partial charge < -0.3 is 15.0 Å². The number of allylic oxidation sites excluding steroid dienone is 1. The van der Waals surface area contributed by atoms with Gasteiger partial charge in [0.2, 0.25) is 0 Å². The van der Waals surface area contributed by atoms with Gasteiger partial charge in [-0.05, 0) is 37.3 Å². The molecule has 2 N–H and O–H groups in total. The number of fused-ring (bicyclic) bond motifs is 1. The monoisotopic (exact) mass is 352 g/mol. The molecule has 1 aromatic carbocycles. The van der Waals surface area contributed by atoms with Crippen LogP contribution in [-0.2, 0) is 24.7 Å². The van der Waals surface area contributed by atoms with E-state index in [-0.39, 0.29) is 18.7 Å². The molecule has 0 spiro atoms. The summed E-state index contributed by atoms with van der Waals surface area (Å²) in [4.78, 5) is 23.5. The van der Waals surface area contributed by atoms with Gasteiger partial charge in [-0.2, -0.15) is 0 Å². The lowest BCUT2D eigenvalue weighted by molar-refractivity contribution is -0.136. The van der Waals surface area contributed by atoms with E-state index in [4.69, 9.17) is 5.11 Å². The molecule has 1 heterocycles. The van der Waals surface area contributed by atoms with Crippen molar-refractivity contribution in [3.05, 3.63) is 65.0 Å². The zero-order valence-corrected chi connectivity index (χ0v) is 15.0. The number of aromatic nitrogens is 1. The lowest BCUT2D eigenvalue weighted by Crippen LogP contribution is -2.19. The van der Waals surface area contributed by atoms with Gasteiger partial charge in [0.1, 0.15) is 0 Å². The molecule has 0 atom stereocenters. The van der Waals surface area contributed by atoms with Gasteiger partial charge in [0.15, 0.2) is 5.78 Å². The fourth-order valence-corrected chi connectivity index (χ4v) is 3.45. The van der Waals surface area contributed by atoms with Crippen LogP contribution in [0.25, 0.3) is 5.70 Å². The smallest absolute Gasteiger partial charge is 0.305 e. The highest BCUT2D eigenvalue weighted by Crippen LogP contribution is 2.27. The maximum absolute atomic E-state index is 12.6. The number of nitrogens with one attached hydrogen (secondary N) is 1. The molecule has 0 fully saturated rings. The zero-order chi connectivity index (χ0) is 18.5. The molecule has 5 nitrogen and oxygen atoms in total. The van der Waals surface area contributed by atoms with Gasteiger partial charge in [-0.3, -0.25) is 9.59 Å². The molecule has 26 heavy (non-hydrogen) atoms. The van der Waals surface area contributed by atoms with Crippen LogP contribution < -0.4 is 5.32 Å². The number of hydrogen-bond acceptors (Lipinski definition) is 3. The van der Waals surface area contributed by atoms with Gasteiger partial charge in [-0.25, -0.2) is 0 Å². The first kappa shape index (κ1) is 18.0. The molecule has 1 aliphatic carbocycles. The zero-order valence-electron chi connectivity index (χ0n) is 15.0. The average molecular weight is 352 g/mol. The van der Waals surface area contributed by atoms with E-state index in [0.717, 1.165) is 18.5 Å². The number of rotatable bonds is 7. The van der Waals surface area contributed by atoms with Crippen LogP contribution in [0.3, 0.4) is 0 Å². The maximum Gasteiger partial charge on any atom is 0.305 e. The average Bonchev–Trinajstić information content (AvgIpc) is 2.98. The summed E-state index contributed by atoms with van der Waals surface area (Å²) in [6.45, 7) is 0.277. The normalized spacial score (nSPS) is 14.0. The first-order valence-electron chi connectivity index (χ1n) is 9.01. The molecule has 0 unspecified atom stereocenters. The molecule has 2 aromatic rings. The fourth-order valence-electron chi connectivity index (χ4n) is 3.45. The standard InChI is InChI=1S/C21H24N2O3/c1-23-18-10-6-5-9-16(18)13-19(23)17(22-12-11-21(25)26)14-20(24)15-7-3-2-4-8-15/h2-4,7-8,13-14,22H,5-6,9-12H2,1H3,(H,25,26)/b17-14-. The molecule has 5 heteroatoms. The number of carbonyl (C=O) groups is 2. The summed E-state index contributed by atoms with van der Waals surface area (Å²) < 4.78 is 2.13. The Labute approximate surface area is 153 Å². The van der Waals surface area contributed by atoms with Gasteiger partial charge in [-0.1, -0.05) is 30.3 Å². The second-order valence-electron chi connectivity index (χ2n) is 6.63. The van der Waals surface area contributed by atoms with Crippen LogP contribution in [0.2, 0.25) is 0 Å². The van der Waals surface area contributed by atoms with Crippen molar-refractivity contribution >= 4 is 17.4 Å². The molecule has 1 aliphatic rings. The first-order chi connectivity index (χ1) is 12.6. The Bertz CT molecular complexity index is 834. The second kappa shape index (κ2) is 8.04. The molecular formula is C21H24N2O3. The minimum atomic E-state index is -0.864.